The molecule has 0 radical (unpaired) electrons. The van der Waals surface area contributed by atoms with Crippen molar-refractivity contribution in [3.63, 3.8) is 0 Å². The number of rotatable bonds is 6. The lowest BCUT2D eigenvalue weighted by Gasteiger charge is -2.24. The van der Waals surface area contributed by atoms with Gasteiger partial charge in [-0.05, 0) is 56.7 Å². The highest BCUT2D eigenvalue weighted by molar-refractivity contribution is 5.25. The average molecular weight is 263 g/mol. The van der Waals surface area contributed by atoms with E-state index in [1.165, 1.54) is 24.8 Å². The first-order valence-electron chi connectivity index (χ1n) is 7.26. The molecule has 0 aliphatic heterocycles. The number of nitrogens with one attached hydrogen (secondary N) is 1. The van der Waals surface area contributed by atoms with Crippen LogP contribution < -0.4 is 5.32 Å². The summed E-state index contributed by atoms with van der Waals surface area (Å²) in [5.41, 5.74) is 1.28. The maximum atomic E-state index is 9.25. The topological polar surface area (TPSA) is 41.5 Å². The van der Waals surface area contributed by atoms with Crippen LogP contribution >= 0.6 is 0 Å². The molecule has 0 heterocycles. The molecule has 2 N–H and O–H groups in total. The van der Waals surface area contributed by atoms with Gasteiger partial charge >= 0.3 is 0 Å². The first kappa shape index (κ1) is 14.4. The second-order valence-electron chi connectivity index (χ2n) is 5.58. The fourth-order valence-corrected chi connectivity index (χ4v) is 2.89. The van der Waals surface area contributed by atoms with Crippen molar-refractivity contribution in [1.82, 2.24) is 5.32 Å². The zero-order valence-electron chi connectivity index (χ0n) is 11.9. The van der Waals surface area contributed by atoms with Gasteiger partial charge in [0, 0.05) is 19.2 Å². The lowest BCUT2D eigenvalue weighted by atomic mass is 10.0. The van der Waals surface area contributed by atoms with E-state index in [-0.39, 0.29) is 0 Å². The maximum Gasteiger partial charge on any atom is 0.115 e. The molecule has 1 aliphatic rings. The summed E-state index contributed by atoms with van der Waals surface area (Å²) in [5, 5.41) is 12.9. The van der Waals surface area contributed by atoms with Crippen LogP contribution in [0.5, 0.6) is 5.75 Å². The Bertz CT molecular complexity index is 377. The molecule has 3 unspecified atom stereocenters. The molecule has 1 aliphatic carbocycles. The fourth-order valence-electron chi connectivity index (χ4n) is 2.89. The monoisotopic (exact) mass is 263 g/mol. The van der Waals surface area contributed by atoms with E-state index in [1.54, 1.807) is 12.1 Å². The van der Waals surface area contributed by atoms with Crippen LogP contribution in [0.2, 0.25) is 0 Å². The maximum absolute atomic E-state index is 9.25. The van der Waals surface area contributed by atoms with Crippen molar-refractivity contribution in [3.8, 4) is 5.75 Å². The van der Waals surface area contributed by atoms with Gasteiger partial charge in [0.1, 0.15) is 5.75 Å². The van der Waals surface area contributed by atoms with Gasteiger partial charge in [-0.2, -0.15) is 0 Å². The molecule has 1 aromatic carbocycles. The summed E-state index contributed by atoms with van der Waals surface area (Å²) in [5.74, 6) is 0.337. The Balaban J connectivity index is 1.75. The number of phenolic OH excluding ortho intramolecular Hbond substituents is 1. The number of phenols is 1. The third kappa shape index (κ3) is 4.22. The minimum atomic E-state index is 0.337. The normalized spacial score (nSPS) is 24.5. The molecule has 3 nitrogen and oxygen atoms in total. The molecule has 0 bridgehead atoms. The van der Waals surface area contributed by atoms with Crippen LogP contribution in [0.4, 0.5) is 0 Å². The fraction of sp³-hybridized carbons (Fsp3) is 0.625. The highest BCUT2D eigenvalue weighted by atomic mass is 16.5. The molecule has 1 aromatic rings. The molecule has 0 spiro atoms. The van der Waals surface area contributed by atoms with Gasteiger partial charge in [0.2, 0.25) is 0 Å². The first-order chi connectivity index (χ1) is 9.19. The molecule has 106 valence electrons. The molecule has 0 aromatic heterocycles. The van der Waals surface area contributed by atoms with Crippen LogP contribution in [-0.2, 0) is 11.2 Å². The van der Waals surface area contributed by atoms with Crippen LogP contribution in [0.25, 0.3) is 0 Å². The van der Waals surface area contributed by atoms with Gasteiger partial charge in [-0.15, -0.1) is 0 Å². The molecule has 19 heavy (non-hydrogen) atoms. The molecule has 0 saturated heterocycles. The standard InChI is InChI=1S/C16H25NO2/c1-12(17-15-4-3-5-16(15)19-2)6-7-13-8-10-14(18)11-9-13/h8-12,15-18H,3-7H2,1-2H3. The van der Waals surface area contributed by atoms with E-state index < -0.39 is 0 Å². The molecule has 2 rings (SSSR count). The summed E-state index contributed by atoms with van der Waals surface area (Å²) in [7, 11) is 1.81. The van der Waals surface area contributed by atoms with E-state index >= 15 is 0 Å². The van der Waals surface area contributed by atoms with Crippen molar-refractivity contribution in [3.05, 3.63) is 29.8 Å². The average Bonchev–Trinajstić information content (AvgIpc) is 2.85. The van der Waals surface area contributed by atoms with E-state index in [4.69, 9.17) is 4.74 Å². The van der Waals surface area contributed by atoms with Crippen molar-refractivity contribution in [2.75, 3.05) is 7.11 Å². The highest BCUT2D eigenvalue weighted by Crippen LogP contribution is 2.22. The highest BCUT2D eigenvalue weighted by Gasteiger charge is 2.27. The predicted molar refractivity (Wildman–Crippen MR) is 77.5 cm³/mol. The molecular formula is C16H25NO2. The molecular weight excluding hydrogens is 238 g/mol. The number of aryl methyl sites for hydroxylation is 1. The zero-order chi connectivity index (χ0) is 13.7. The Hall–Kier alpha value is -1.06. The zero-order valence-corrected chi connectivity index (χ0v) is 11.9. The minimum Gasteiger partial charge on any atom is -0.508 e. The lowest BCUT2D eigenvalue weighted by molar-refractivity contribution is 0.0816. The Morgan fingerprint density at radius 2 is 2.05 bits per heavy atom. The largest absolute Gasteiger partial charge is 0.508 e. The second kappa shape index (κ2) is 6.92. The number of ether oxygens (including phenoxy) is 1. The van der Waals surface area contributed by atoms with Crippen LogP contribution in [0, 0.1) is 0 Å². The summed E-state index contributed by atoms with van der Waals surface area (Å²) in [6, 6.07) is 8.51. The number of aromatic hydroxyl groups is 1. The third-order valence-corrected chi connectivity index (χ3v) is 4.06. The summed E-state index contributed by atoms with van der Waals surface area (Å²) >= 11 is 0. The summed E-state index contributed by atoms with van der Waals surface area (Å²) in [6.07, 6.45) is 6.20. The van der Waals surface area contributed by atoms with Gasteiger partial charge in [-0.25, -0.2) is 0 Å². The quantitative estimate of drug-likeness (QED) is 0.829. The minimum absolute atomic E-state index is 0.337. The third-order valence-electron chi connectivity index (χ3n) is 4.06. The predicted octanol–water partition coefficient (Wildman–Crippen LogP) is 2.87. The van der Waals surface area contributed by atoms with Crippen molar-refractivity contribution in [2.45, 2.75) is 57.2 Å². The number of hydrogen-bond donors (Lipinski definition) is 2. The molecule has 3 atom stereocenters. The molecule has 1 saturated carbocycles. The SMILES string of the molecule is COC1CCCC1NC(C)CCc1ccc(O)cc1. The Morgan fingerprint density at radius 3 is 2.74 bits per heavy atom. The molecule has 0 amide bonds. The Morgan fingerprint density at radius 1 is 1.32 bits per heavy atom. The van der Waals surface area contributed by atoms with E-state index in [1.807, 2.05) is 19.2 Å². The molecule has 1 fully saturated rings. The van der Waals surface area contributed by atoms with Gasteiger partial charge in [0.05, 0.1) is 6.10 Å². The van der Waals surface area contributed by atoms with Crippen LogP contribution in [0.15, 0.2) is 24.3 Å². The second-order valence-corrected chi connectivity index (χ2v) is 5.58. The van der Waals surface area contributed by atoms with E-state index in [2.05, 4.69) is 12.2 Å². The summed E-state index contributed by atoms with van der Waals surface area (Å²) < 4.78 is 5.51. The summed E-state index contributed by atoms with van der Waals surface area (Å²) in [6.45, 7) is 2.24. The van der Waals surface area contributed by atoms with Gasteiger partial charge in [0.25, 0.3) is 0 Å². The van der Waals surface area contributed by atoms with Crippen molar-refractivity contribution >= 4 is 0 Å². The number of hydrogen-bond acceptors (Lipinski definition) is 3. The Kier molecular flexibility index (Phi) is 5.23. The van der Waals surface area contributed by atoms with Crippen molar-refractivity contribution in [2.24, 2.45) is 0 Å². The van der Waals surface area contributed by atoms with Gasteiger partial charge in [-0.1, -0.05) is 12.1 Å². The number of methoxy groups -OCH3 is 1. The smallest absolute Gasteiger partial charge is 0.115 e. The van der Waals surface area contributed by atoms with E-state index in [0.29, 0.717) is 23.9 Å². The number of benzene rings is 1. The summed E-state index contributed by atoms with van der Waals surface area (Å²) in [4.78, 5) is 0. The van der Waals surface area contributed by atoms with E-state index in [9.17, 15) is 5.11 Å². The van der Waals surface area contributed by atoms with Gasteiger partial charge in [0.15, 0.2) is 0 Å². The van der Waals surface area contributed by atoms with Gasteiger partial charge < -0.3 is 15.2 Å². The lowest BCUT2D eigenvalue weighted by Crippen LogP contribution is -2.42. The van der Waals surface area contributed by atoms with Crippen LogP contribution in [0.1, 0.15) is 38.2 Å². The van der Waals surface area contributed by atoms with Crippen LogP contribution in [0.3, 0.4) is 0 Å². The van der Waals surface area contributed by atoms with E-state index in [0.717, 1.165) is 12.8 Å². The van der Waals surface area contributed by atoms with Crippen molar-refractivity contribution < 1.29 is 9.84 Å². The van der Waals surface area contributed by atoms with Crippen molar-refractivity contribution in [1.29, 1.82) is 0 Å². The van der Waals surface area contributed by atoms with Crippen LogP contribution in [-0.4, -0.2) is 30.4 Å². The Labute approximate surface area is 116 Å². The first-order valence-corrected chi connectivity index (χ1v) is 7.26. The molecule has 3 heteroatoms. The van der Waals surface area contributed by atoms with Gasteiger partial charge in [-0.3, -0.25) is 0 Å².